The molecular formula is C23H15FN4O. The molecule has 0 saturated heterocycles. The average molecular weight is 382 g/mol. The summed E-state index contributed by atoms with van der Waals surface area (Å²) < 4.78 is 14.1. The van der Waals surface area contributed by atoms with Gasteiger partial charge >= 0.3 is 0 Å². The molecule has 0 bridgehead atoms. The van der Waals surface area contributed by atoms with Crippen molar-refractivity contribution in [2.75, 3.05) is 0 Å². The van der Waals surface area contributed by atoms with E-state index in [0.29, 0.717) is 17.6 Å². The van der Waals surface area contributed by atoms with Crippen LogP contribution < -0.4 is 5.73 Å². The molecule has 5 nitrogen and oxygen atoms in total. The van der Waals surface area contributed by atoms with Crippen molar-refractivity contribution in [3.63, 3.8) is 0 Å². The van der Waals surface area contributed by atoms with Gasteiger partial charge in [-0.3, -0.25) is 4.79 Å². The number of halogens is 1. The molecule has 0 saturated carbocycles. The van der Waals surface area contributed by atoms with Crippen molar-refractivity contribution in [3.8, 4) is 17.2 Å². The lowest BCUT2D eigenvalue weighted by atomic mass is 9.92. The van der Waals surface area contributed by atoms with Crippen LogP contribution in [0.5, 0.6) is 0 Å². The highest BCUT2D eigenvalue weighted by Crippen LogP contribution is 2.32. The van der Waals surface area contributed by atoms with Crippen LogP contribution in [-0.4, -0.2) is 15.9 Å². The Balaban J connectivity index is 1.89. The summed E-state index contributed by atoms with van der Waals surface area (Å²) in [7, 11) is 0. The number of hydrogen-bond acceptors (Lipinski definition) is 4. The Morgan fingerprint density at radius 3 is 2.62 bits per heavy atom. The number of primary amides is 1. The van der Waals surface area contributed by atoms with Gasteiger partial charge in [-0.2, -0.15) is 5.26 Å². The number of para-hydroxylation sites is 1. The Labute approximate surface area is 166 Å². The van der Waals surface area contributed by atoms with Gasteiger partial charge in [-0.25, -0.2) is 14.4 Å². The van der Waals surface area contributed by atoms with Crippen LogP contribution in [0.4, 0.5) is 4.39 Å². The van der Waals surface area contributed by atoms with Gasteiger partial charge < -0.3 is 5.73 Å². The third-order valence-electron chi connectivity index (χ3n) is 4.66. The minimum absolute atomic E-state index is 0.147. The monoisotopic (exact) mass is 382 g/mol. The Kier molecular flexibility index (Phi) is 4.71. The number of carbonyl (C=O) groups excluding carboxylic acids is 1. The van der Waals surface area contributed by atoms with Crippen LogP contribution in [0.3, 0.4) is 0 Å². The Hall–Kier alpha value is -4.11. The first-order valence-electron chi connectivity index (χ1n) is 8.88. The van der Waals surface area contributed by atoms with Crippen LogP contribution >= 0.6 is 0 Å². The van der Waals surface area contributed by atoms with E-state index in [9.17, 15) is 9.18 Å². The lowest BCUT2D eigenvalue weighted by molar-refractivity contribution is 0.0996. The SMILES string of the molecule is N#Cc1ccc(Cc2cc(F)ccc2-c2cc(C(N)=O)nc3ccccc23)cn1. The van der Waals surface area contributed by atoms with Crippen molar-refractivity contribution >= 4 is 16.8 Å². The van der Waals surface area contributed by atoms with Gasteiger partial charge in [-0.1, -0.05) is 30.3 Å². The Morgan fingerprint density at radius 2 is 1.90 bits per heavy atom. The average Bonchev–Trinajstić information content (AvgIpc) is 2.74. The maximum absolute atomic E-state index is 14.1. The van der Waals surface area contributed by atoms with Crippen LogP contribution in [-0.2, 0) is 6.42 Å². The quantitative estimate of drug-likeness (QED) is 0.577. The summed E-state index contributed by atoms with van der Waals surface area (Å²) in [6.07, 6.45) is 2.01. The summed E-state index contributed by atoms with van der Waals surface area (Å²) in [4.78, 5) is 20.2. The number of aromatic nitrogens is 2. The highest BCUT2D eigenvalue weighted by Gasteiger charge is 2.15. The molecule has 0 unspecified atom stereocenters. The lowest BCUT2D eigenvalue weighted by Gasteiger charge is -2.14. The van der Waals surface area contributed by atoms with Gasteiger partial charge in [-0.15, -0.1) is 0 Å². The summed E-state index contributed by atoms with van der Waals surface area (Å²) >= 11 is 0. The second kappa shape index (κ2) is 7.49. The van der Waals surface area contributed by atoms with Crippen molar-refractivity contribution in [3.05, 3.63) is 95.2 Å². The predicted octanol–water partition coefficient (Wildman–Crippen LogP) is 4.00. The molecule has 6 heteroatoms. The van der Waals surface area contributed by atoms with E-state index in [4.69, 9.17) is 11.0 Å². The fraction of sp³-hybridized carbons (Fsp3) is 0.0435. The van der Waals surface area contributed by atoms with Gasteiger partial charge in [0.1, 0.15) is 23.3 Å². The van der Waals surface area contributed by atoms with Gasteiger partial charge in [0.05, 0.1) is 5.52 Å². The lowest BCUT2D eigenvalue weighted by Crippen LogP contribution is -2.13. The highest BCUT2D eigenvalue weighted by atomic mass is 19.1. The summed E-state index contributed by atoms with van der Waals surface area (Å²) in [5.74, 6) is -0.990. The van der Waals surface area contributed by atoms with Gasteiger partial charge in [0.2, 0.25) is 0 Å². The normalized spacial score (nSPS) is 10.6. The van der Waals surface area contributed by atoms with E-state index in [1.165, 1.54) is 12.1 Å². The molecule has 0 radical (unpaired) electrons. The zero-order chi connectivity index (χ0) is 20.4. The topological polar surface area (TPSA) is 92.7 Å². The smallest absolute Gasteiger partial charge is 0.267 e. The number of nitriles is 1. The second-order valence-corrected chi connectivity index (χ2v) is 6.58. The van der Waals surface area contributed by atoms with Crippen LogP contribution in [0.1, 0.15) is 27.3 Å². The molecule has 0 atom stereocenters. The van der Waals surface area contributed by atoms with E-state index < -0.39 is 5.91 Å². The number of carbonyl (C=O) groups is 1. The number of pyridine rings is 2. The molecule has 2 aromatic carbocycles. The molecule has 2 N–H and O–H groups in total. The molecule has 2 heterocycles. The number of rotatable bonds is 4. The molecule has 0 fully saturated rings. The van der Waals surface area contributed by atoms with Gasteiger partial charge in [0.15, 0.2) is 0 Å². The molecule has 0 aliphatic heterocycles. The fourth-order valence-corrected chi connectivity index (χ4v) is 3.31. The zero-order valence-electron chi connectivity index (χ0n) is 15.3. The van der Waals surface area contributed by atoms with E-state index in [2.05, 4.69) is 9.97 Å². The molecule has 4 aromatic rings. The Morgan fingerprint density at radius 1 is 1.07 bits per heavy atom. The maximum atomic E-state index is 14.1. The summed E-state index contributed by atoms with van der Waals surface area (Å²) in [5.41, 5.74) is 9.66. The molecule has 0 spiro atoms. The first-order valence-corrected chi connectivity index (χ1v) is 8.88. The maximum Gasteiger partial charge on any atom is 0.267 e. The van der Waals surface area contributed by atoms with Crippen LogP contribution in [0, 0.1) is 17.1 Å². The fourth-order valence-electron chi connectivity index (χ4n) is 3.31. The van der Waals surface area contributed by atoms with E-state index in [1.807, 2.05) is 24.3 Å². The van der Waals surface area contributed by atoms with Crippen molar-refractivity contribution in [2.24, 2.45) is 5.73 Å². The minimum Gasteiger partial charge on any atom is -0.364 e. The van der Waals surface area contributed by atoms with E-state index >= 15 is 0 Å². The second-order valence-electron chi connectivity index (χ2n) is 6.58. The Bertz CT molecular complexity index is 1280. The molecule has 0 aliphatic carbocycles. The molecular weight excluding hydrogens is 367 g/mol. The predicted molar refractivity (Wildman–Crippen MR) is 107 cm³/mol. The van der Waals surface area contributed by atoms with Gasteiger partial charge in [0.25, 0.3) is 5.91 Å². The number of hydrogen-bond donors (Lipinski definition) is 1. The zero-order valence-corrected chi connectivity index (χ0v) is 15.3. The van der Waals surface area contributed by atoms with Crippen LogP contribution in [0.15, 0.2) is 66.9 Å². The summed E-state index contributed by atoms with van der Waals surface area (Å²) in [6, 6.07) is 19.0. The van der Waals surface area contributed by atoms with Gasteiger partial charge in [-0.05, 0) is 59.0 Å². The largest absolute Gasteiger partial charge is 0.364 e. The molecule has 4 rings (SSSR count). The number of nitrogens with zero attached hydrogens (tertiary/aromatic N) is 3. The summed E-state index contributed by atoms with van der Waals surface area (Å²) in [5, 5.41) is 9.75. The number of benzene rings is 2. The molecule has 140 valence electrons. The van der Waals surface area contributed by atoms with Crippen molar-refractivity contribution < 1.29 is 9.18 Å². The van der Waals surface area contributed by atoms with E-state index in [-0.39, 0.29) is 11.5 Å². The number of nitrogens with two attached hydrogens (primary N) is 1. The van der Waals surface area contributed by atoms with Crippen LogP contribution in [0.25, 0.3) is 22.0 Å². The third kappa shape index (κ3) is 3.66. The van der Waals surface area contributed by atoms with E-state index in [1.54, 1.807) is 36.5 Å². The first-order chi connectivity index (χ1) is 14.0. The van der Waals surface area contributed by atoms with E-state index in [0.717, 1.165) is 27.6 Å². The minimum atomic E-state index is -0.628. The van der Waals surface area contributed by atoms with Crippen LogP contribution in [0.2, 0.25) is 0 Å². The summed E-state index contributed by atoms with van der Waals surface area (Å²) in [6.45, 7) is 0. The van der Waals surface area contributed by atoms with Crippen molar-refractivity contribution in [2.45, 2.75) is 6.42 Å². The molecule has 1 amide bonds. The van der Waals surface area contributed by atoms with Crippen molar-refractivity contribution in [1.29, 1.82) is 5.26 Å². The molecule has 0 aliphatic rings. The number of fused-ring (bicyclic) bond motifs is 1. The molecule has 2 aromatic heterocycles. The number of amides is 1. The highest BCUT2D eigenvalue weighted by molar-refractivity contribution is 6.01. The van der Waals surface area contributed by atoms with Gasteiger partial charge in [0, 0.05) is 11.6 Å². The standard InChI is InChI=1S/C23H15FN4O/c24-16-6-8-18(15(10-16)9-14-5-7-17(12-25)27-13-14)20-11-22(23(26)29)28-21-4-2-1-3-19(20)21/h1-8,10-11,13H,9H2,(H2,26,29). The first kappa shape index (κ1) is 18.3. The van der Waals surface area contributed by atoms with Crippen molar-refractivity contribution in [1.82, 2.24) is 9.97 Å². The molecule has 29 heavy (non-hydrogen) atoms. The third-order valence-corrected chi connectivity index (χ3v) is 4.66.